The molecule has 0 aromatic carbocycles. The maximum absolute atomic E-state index is 12.6. The highest BCUT2D eigenvalue weighted by molar-refractivity contribution is 5.71. The fraction of sp³-hybridized carbons (Fsp3) is 0.921. The first-order valence-corrected chi connectivity index (χ1v) is 18.9. The summed E-state index contributed by atoms with van der Waals surface area (Å²) in [6.45, 7) is 8.86. The molecule has 0 saturated carbocycles. The van der Waals surface area contributed by atoms with Crippen molar-refractivity contribution in [1.82, 2.24) is 0 Å². The topological polar surface area (TPSA) is 78.9 Å². The molecule has 0 fully saturated rings. The highest BCUT2D eigenvalue weighted by Crippen LogP contribution is 2.16. The average molecular weight is 625 g/mol. The Hall–Kier alpha value is -1.59. The number of ether oxygens (including phenoxy) is 3. The van der Waals surface area contributed by atoms with E-state index in [0.717, 1.165) is 70.1 Å². The summed E-state index contributed by atoms with van der Waals surface area (Å²) in [6, 6.07) is 0. The van der Waals surface area contributed by atoms with Gasteiger partial charge in [0.2, 0.25) is 0 Å². The number of hydrogen-bond acceptors (Lipinski definition) is 6. The van der Waals surface area contributed by atoms with Crippen molar-refractivity contribution in [3.63, 3.8) is 0 Å². The van der Waals surface area contributed by atoms with E-state index in [-0.39, 0.29) is 31.1 Å². The van der Waals surface area contributed by atoms with E-state index in [1.165, 1.54) is 89.9 Å². The van der Waals surface area contributed by atoms with Gasteiger partial charge in [-0.2, -0.15) is 0 Å². The summed E-state index contributed by atoms with van der Waals surface area (Å²) in [5.41, 5.74) is 0. The molecule has 0 radical (unpaired) electrons. The molecular formula is C38H72O6. The summed E-state index contributed by atoms with van der Waals surface area (Å²) in [7, 11) is 0. The molecule has 0 saturated heterocycles. The number of rotatable bonds is 33. The highest BCUT2D eigenvalue weighted by atomic mass is 16.6. The van der Waals surface area contributed by atoms with Gasteiger partial charge in [-0.3, -0.25) is 14.4 Å². The number of carbonyl (C=O) groups excluding carboxylic acids is 3. The van der Waals surface area contributed by atoms with E-state index in [1.807, 2.05) is 0 Å². The second-order valence-electron chi connectivity index (χ2n) is 13.1. The lowest BCUT2D eigenvalue weighted by Crippen LogP contribution is -2.30. The van der Waals surface area contributed by atoms with E-state index in [9.17, 15) is 14.4 Å². The Kier molecular flexibility index (Phi) is 31.6. The molecule has 0 aromatic heterocycles. The number of hydrogen-bond donors (Lipinski definition) is 0. The Morgan fingerprint density at radius 2 is 0.795 bits per heavy atom. The van der Waals surface area contributed by atoms with E-state index in [2.05, 4.69) is 27.7 Å². The van der Waals surface area contributed by atoms with Crippen molar-refractivity contribution in [2.24, 2.45) is 5.92 Å². The van der Waals surface area contributed by atoms with Crippen LogP contribution < -0.4 is 0 Å². The van der Waals surface area contributed by atoms with Crippen LogP contribution in [0.3, 0.4) is 0 Å². The van der Waals surface area contributed by atoms with Crippen LogP contribution in [-0.4, -0.2) is 37.2 Å². The summed E-state index contributed by atoms with van der Waals surface area (Å²) >= 11 is 0. The third kappa shape index (κ3) is 30.4. The molecule has 260 valence electrons. The molecule has 0 amide bonds. The first kappa shape index (κ1) is 42.4. The van der Waals surface area contributed by atoms with Crippen LogP contribution in [0.5, 0.6) is 0 Å². The van der Waals surface area contributed by atoms with Crippen LogP contribution in [0.15, 0.2) is 0 Å². The van der Waals surface area contributed by atoms with Crippen molar-refractivity contribution in [2.45, 2.75) is 207 Å². The predicted octanol–water partition coefficient (Wildman–Crippen LogP) is 11.2. The summed E-state index contributed by atoms with van der Waals surface area (Å²) < 4.78 is 16.5. The van der Waals surface area contributed by atoms with Gasteiger partial charge in [0.25, 0.3) is 0 Å². The summed E-state index contributed by atoms with van der Waals surface area (Å²) in [4.78, 5) is 37.1. The first-order valence-electron chi connectivity index (χ1n) is 18.9. The minimum Gasteiger partial charge on any atom is -0.462 e. The third-order valence-corrected chi connectivity index (χ3v) is 8.65. The Morgan fingerprint density at radius 1 is 0.455 bits per heavy atom. The van der Waals surface area contributed by atoms with Crippen molar-refractivity contribution in [2.75, 3.05) is 13.2 Å². The van der Waals surface area contributed by atoms with Gasteiger partial charge in [0.1, 0.15) is 13.2 Å². The molecule has 44 heavy (non-hydrogen) atoms. The Morgan fingerprint density at radius 3 is 1.18 bits per heavy atom. The molecule has 0 aliphatic heterocycles. The van der Waals surface area contributed by atoms with Crippen LogP contribution in [-0.2, 0) is 28.6 Å². The fourth-order valence-electron chi connectivity index (χ4n) is 5.36. The van der Waals surface area contributed by atoms with Gasteiger partial charge >= 0.3 is 17.9 Å². The zero-order valence-electron chi connectivity index (χ0n) is 29.6. The maximum atomic E-state index is 12.6. The van der Waals surface area contributed by atoms with Crippen LogP contribution in [0.4, 0.5) is 0 Å². The van der Waals surface area contributed by atoms with E-state index >= 15 is 0 Å². The van der Waals surface area contributed by atoms with Crippen LogP contribution in [0.2, 0.25) is 0 Å². The van der Waals surface area contributed by atoms with Crippen molar-refractivity contribution >= 4 is 17.9 Å². The van der Waals surface area contributed by atoms with Crippen molar-refractivity contribution in [3.8, 4) is 0 Å². The summed E-state index contributed by atoms with van der Waals surface area (Å²) in [5, 5.41) is 0. The van der Waals surface area contributed by atoms with Gasteiger partial charge < -0.3 is 14.2 Å². The molecule has 0 heterocycles. The van der Waals surface area contributed by atoms with E-state index < -0.39 is 6.10 Å². The van der Waals surface area contributed by atoms with Gasteiger partial charge in [-0.1, -0.05) is 163 Å². The molecule has 0 aromatic rings. The van der Waals surface area contributed by atoms with Gasteiger partial charge in [-0.05, 0) is 25.2 Å². The van der Waals surface area contributed by atoms with Crippen molar-refractivity contribution in [1.29, 1.82) is 0 Å². The predicted molar refractivity (Wildman–Crippen MR) is 183 cm³/mol. The zero-order valence-corrected chi connectivity index (χ0v) is 29.6. The molecule has 0 bridgehead atoms. The van der Waals surface area contributed by atoms with Gasteiger partial charge in [0, 0.05) is 19.3 Å². The molecule has 0 aliphatic carbocycles. The lowest BCUT2D eigenvalue weighted by molar-refractivity contribution is -0.167. The smallest absolute Gasteiger partial charge is 0.306 e. The zero-order chi connectivity index (χ0) is 32.5. The molecule has 0 N–H and O–H groups in total. The van der Waals surface area contributed by atoms with Crippen molar-refractivity contribution in [3.05, 3.63) is 0 Å². The largest absolute Gasteiger partial charge is 0.462 e. The third-order valence-electron chi connectivity index (χ3n) is 8.65. The fourth-order valence-corrected chi connectivity index (χ4v) is 5.36. The SMILES string of the molecule is CCCCCCCCCCCC(=O)OC[C@@H](COC(=O)CCCCCCC)OC(=O)CCCCCCCCCCC(C)CC. The standard InChI is InChI=1S/C38H72O6/c1-5-8-10-12-13-14-18-22-26-30-37(40)43-33-35(32-42-36(39)29-25-20-11-9-6-2)44-38(41)31-27-23-19-16-15-17-21-24-28-34(4)7-3/h34-35H,5-33H2,1-4H3/t34?,35-/m1/s1. The average Bonchev–Trinajstić information content (AvgIpc) is 3.02. The maximum Gasteiger partial charge on any atom is 0.306 e. The lowest BCUT2D eigenvalue weighted by atomic mass is 9.99. The van der Waals surface area contributed by atoms with Gasteiger partial charge in [-0.15, -0.1) is 0 Å². The van der Waals surface area contributed by atoms with Crippen LogP contribution >= 0.6 is 0 Å². The molecule has 1 unspecified atom stereocenters. The normalized spacial score (nSPS) is 12.5. The molecule has 0 aliphatic rings. The van der Waals surface area contributed by atoms with E-state index in [0.29, 0.717) is 19.3 Å². The molecular weight excluding hydrogens is 552 g/mol. The lowest BCUT2D eigenvalue weighted by Gasteiger charge is -2.18. The minimum absolute atomic E-state index is 0.0667. The van der Waals surface area contributed by atoms with E-state index in [4.69, 9.17) is 14.2 Å². The van der Waals surface area contributed by atoms with Crippen molar-refractivity contribution < 1.29 is 28.6 Å². The Bertz CT molecular complexity index is 664. The molecule has 6 nitrogen and oxygen atoms in total. The highest BCUT2D eigenvalue weighted by Gasteiger charge is 2.19. The second kappa shape index (κ2) is 32.8. The summed E-state index contributed by atoms with van der Waals surface area (Å²) in [5.74, 6) is -0.0384. The van der Waals surface area contributed by atoms with Gasteiger partial charge in [0.05, 0.1) is 0 Å². The minimum atomic E-state index is -0.756. The molecule has 6 heteroatoms. The molecule has 0 rings (SSSR count). The molecule has 2 atom stereocenters. The number of carbonyl (C=O) groups is 3. The van der Waals surface area contributed by atoms with Gasteiger partial charge in [0.15, 0.2) is 6.10 Å². The van der Waals surface area contributed by atoms with Gasteiger partial charge in [-0.25, -0.2) is 0 Å². The first-order chi connectivity index (χ1) is 21.4. The van der Waals surface area contributed by atoms with Crippen LogP contribution in [0.25, 0.3) is 0 Å². The Labute approximate surface area is 272 Å². The van der Waals surface area contributed by atoms with Crippen LogP contribution in [0.1, 0.15) is 201 Å². The second-order valence-corrected chi connectivity index (χ2v) is 13.1. The monoisotopic (exact) mass is 625 g/mol. The number of esters is 3. The quantitative estimate of drug-likeness (QED) is 0.0410. The molecule has 0 spiro atoms. The summed E-state index contributed by atoms with van der Waals surface area (Å²) in [6.07, 6.45) is 28.2. The number of unbranched alkanes of at least 4 members (excludes halogenated alkanes) is 19. The van der Waals surface area contributed by atoms with Crippen LogP contribution in [0, 0.1) is 5.92 Å². The van der Waals surface area contributed by atoms with E-state index in [1.54, 1.807) is 0 Å². The Balaban J connectivity index is 4.30.